The van der Waals surface area contributed by atoms with Crippen LogP contribution in [0.3, 0.4) is 0 Å². The summed E-state index contributed by atoms with van der Waals surface area (Å²) in [5, 5.41) is 0. The maximum Gasteiger partial charge on any atom is 0.256 e. The van der Waals surface area contributed by atoms with Gasteiger partial charge in [-0.15, -0.1) is 0 Å². The van der Waals surface area contributed by atoms with Crippen molar-refractivity contribution in [2.24, 2.45) is 0 Å². The topological polar surface area (TPSA) is 8.81 Å². The highest BCUT2D eigenvalue weighted by molar-refractivity contribution is 5.15. The van der Waals surface area contributed by atoms with E-state index in [4.69, 9.17) is 0 Å². The molecular formula is C18H27N2+. The van der Waals surface area contributed by atoms with Gasteiger partial charge < -0.3 is 0 Å². The maximum atomic E-state index is 2.43. The average molecular weight is 271 g/mol. The summed E-state index contributed by atoms with van der Waals surface area (Å²) in [6.45, 7) is 6.63. The standard InChI is InChI=1S/C18H27N2/c1-3-5-7-12-18-19(13-4-2)14-15-20(18)16-17-10-8-6-9-11-17/h6,8-11,14-15H,3-5,7,12-13,16H2,1-2H3/q+1. The van der Waals surface area contributed by atoms with E-state index in [0.29, 0.717) is 0 Å². The Morgan fingerprint density at radius 1 is 1.00 bits per heavy atom. The molecule has 2 nitrogen and oxygen atoms in total. The minimum atomic E-state index is 0.985. The Labute approximate surface area is 123 Å². The molecule has 1 aromatic carbocycles. The van der Waals surface area contributed by atoms with Crippen molar-refractivity contribution in [2.75, 3.05) is 0 Å². The molecule has 2 heteroatoms. The summed E-state index contributed by atoms with van der Waals surface area (Å²) >= 11 is 0. The molecule has 0 aliphatic carbocycles. The first-order valence-electron chi connectivity index (χ1n) is 7.96. The Balaban J connectivity index is 2.14. The summed E-state index contributed by atoms with van der Waals surface area (Å²) in [5.74, 6) is 1.48. The monoisotopic (exact) mass is 271 g/mol. The number of aromatic nitrogens is 2. The Kier molecular flexibility index (Phi) is 5.85. The average Bonchev–Trinajstić information content (AvgIpc) is 2.83. The van der Waals surface area contributed by atoms with Crippen LogP contribution in [-0.2, 0) is 19.5 Å². The second-order valence-electron chi connectivity index (χ2n) is 5.48. The van der Waals surface area contributed by atoms with Crippen LogP contribution in [0.5, 0.6) is 0 Å². The summed E-state index contributed by atoms with van der Waals surface area (Å²) in [4.78, 5) is 0. The molecule has 1 heterocycles. The Morgan fingerprint density at radius 2 is 1.80 bits per heavy atom. The van der Waals surface area contributed by atoms with Crippen LogP contribution in [0, 0.1) is 0 Å². The molecule has 20 heavy (non-hydrogen) atoms. The molecule has 0 aliphatic rings. The summed E-state index contributed by atoms with van der Waals surface area (Å²) in [6.07, 6.45) is 10.8. The Morgan fingerprint density at radius 3 is 2.50 bits per heavy atom. The molecular weight excluding hydrogens is 244 g/mol. The van der Waals surface area contributed by atoms with Gasteiger partial charge in [-0.1, -0.05) is 57.0 Å². The lowest BCUT2D eigenvalue weighted by Gasteiger charge is -2.05. The molecule has 0 saturated carbocycles. The third-order valence-electron chi connectivity index (χ3n) is 3.75. The van der Waals surface area contributed by atoms with Crippen molar-refractivity contribution in [3.8, 4) is 0 Å². The van der Waals surface area contributed by atoms with Crippen molar-refractivity contribution in [3.63, 3.8) is 0 Å². The first-order valence-corrected chi connectivity index (χ1v) is 7.96. The van der Waals surface area contributed by atoms with E-state index in [9.17, 15) is 0 Å². The molecule has 0 radical (unpaired) electrons. The van der Waals surface area contributed by atoms with Gasteiger partial charge in [0.1, 0.15) is 18.9 Å². The van der Waals surface area contributed by atoms with Crippen LogP contribution in [0.25, 0.3) is 0 Å². The van der Waals surface area contributed by atoms with Crippen molar-refractivity contribution in [2.45, 2.75) is 59.0 Å². The molecule has 0 fully saturated rings. The third kappa shape index (κ3) is 3.96. The Hall–Kier alpha value is -1.57. The number of rotatable bonds is 8. The molecule has 0 unspecified atom stereocenters. The molecule has 0 atom stereocenters. The molecule has 0 bridgehead atoms. The first-order chi connectivity index (χ1) is 9.85. The van der Waals surface area contributed by atoms with Crippen LogP contribution >= 0.6 is 0 Å². The number of aryl methyl sites for hydroxylation is 1. The highest BCUT2D eigenvalue weighted by atomic mass is 15.1. The zero-order chi connectivity index (χ0) is 14.2. The van der Waals surface area contributed by atoms with E-state index in [0.717, 1.165) is 13.1 Å². The third-order valence-corrected chi connectivity index (χ3v) is 3.75. The molecule has 0 aliphatic heterocycles. The van der Waals surface area contributed by atoms with Gasteiger partial charge in [0.25, 0.3) is 5.82 Å². The van der Waals surface area contributed by atoms with Gasteiger partial charge in [0.15, 0.2) is 0 Å². The fourth-order valence-electron chi connectivity index (χ4n) is 2.69. The van der Waals surface area contributed by atoms with Crippen LogP contribution in [0.4, 0.5) is 0 Å². The number of unbranched alkanes of at least 4 members (excludes halogenated alkanes) is 2. The molecule has 0 spiro atoms. The lowest BCUT2D eigenvalue weighted by molar-refractivity contribution is -0.703. The van der Waals surface area contributed by atoms with Crippen molar-refractivity contribution >= 4 is 0 Å². The summed E-state index contributed by atoms with van der Waals surface area (Å²) in [5.41, 5.74) is 1.38. The van der Waals surface area contributed by atoms with E-state index >= 15 is 0 Å². The molecule has 2 aromatic rings. The van der Waals surface area contributed by atoms with Gasteiger partial charge in [-0.3, -0.25) is 0 Å². The van der Waals surface area contributed by atoms with Gasteiger partial charge in [-0.25, -0.2) is 9.13 Å². The largest absolute Gasteiger partial charge is 0.256 e. The van der Waals surface area contributed by atoms with Crippen molar-refractivity contribution in [1.29, 1.82) is 0 Å². The van der Waals surface area contributed by atoms with Crippen molar-refractivity contribution in [3.05, 3.63) is 54.1 Å². The van der Waals surface area contributed by atoms with Gasteiger partial charge in [-0.05, 0) is 18.4 Å². The van der Waals surface area contributed by atoms with Gasteiger partial charge in [-0.2, -0.15) is 0 Å². The number of hydrogen-bond donors (Lipinski definition) is 0. The van der Waals surface area contributed by atoms with Crippen LogP contribution in [0.2, 0.25) is 0 Å². The SMILES string of the molecule is CCCCCc1n(Cc2ccccc2)cc[n+]1CCC. The van der Waals surface area contributed by atoms with E-state index in [2.05, 4.69) is 65.7 Å². The zero-order valence-corrected chi connectivity index (χ0v) is 12.9. The fourth-order valence-corrected chi connectivity index (χ4v) is 2.69. The van der Waals surface area contributed by atoms with Crippen molar-refractivity contribution in [1.82, 2.24) is 4.57 Å². The smallest absolute Gasteiger partial charge is 0.234 e. The quantitative estimate of drug-likeness (QED) is 0.507. The van der Waals surface area contributed by atoms with Gasteiger partial charge in [0, 0.05) is 6.42 Å². The number of imidazole rings is 1. The van der Waals surface area contributed by atoms with Crippen LogP contribution in [-0.4, -0.2) is 4.57 Å². The molecule has 0 saturated heterocycles. The minimum absolute atomic E-state index is 0.985. The number of benzene rings is 1. The summed E-state index contributed by atoms with van der Waals surface area (Å²) < 4.78 is 4.85. The Bertz CT molecular complexity index is 499. The normalized spacial score (nSPS) is 10.9. The molecule has 0 N–H and O–H groups in total. The van der Waals surface area contributed by atoms with Crippen LogP contribution in [0.1, 0.15) is 50.9 Å². The van der Waals surface area contributed by atoms with E-state index in [-0.39, 0.29) is 0 Å². The van der Waals surface area contributed by atoms with Gasteiger partial charge in [0.2, 0.25) is 0 Å². The predicted octanol–water partition coefficient (Wildman–Crippen LogP) is 3.97. The van der Waals surface area contributed by atoms with E-state index in [1.165, 1.54) is 43.5 Å². The van der Waals surface area contributed by atoms with E-state index in [1.807, 2.05) is 0 Å². The second-order valence-corrected chi connectivity index (χ2v) is 5.48. The lowest BCUT2D eigenvalue weighted by atomic mass is 10.2. The molecule has 108 valence electrons. The van der Waals surface area contributed by atoms with Crippen LogP contribution < -0.4 is 4.57 Å². The number of nitrogens with zero attached hydrogens (tertiary/aromatic N) is 2. The van der Waals surface area contributed by atoms with Gasteiger partial charge >= 0.3 is 0 Å². The lowest BCUT2D eigenvalue weighted by Crippen LogP contribution is -2.37. The summed E-state index contributed by atoms with van der Waals surface area (Å²) in [6, 6.07) is 10.7. The second kappa shape index (κ2) is 7.88. The highest BCUT2D eigenvalue weighted by Gasteiger charge is 2.16. The predicted molar refractivity (Wildman–Crippen MR) is 83.7 cm³/mol. The van der Waals surface area contributed by atoms with Gasteiger partial charge in [0.05, 0.1) is 6.54 Å². The zero-order valence-electron chi connectivity index (χ0n) is 12.9. The maximum absolute atomic E-state index is 2.43. The minimum Gasteiger partial charge on any atom is -0.234 e. The molecule has 0 amide bonds. The van der Waals surface area contributed by atoms with Crippen LogP contribution in [0.15, 0.2) is 42.7 Å². The first kappa shape index (κ1) is 14.8. The van der Waals surface area contributed by atoms with E-state index in [1.54, 1.807) is 0 Å². The fraction of sp³-hybridized carbons (Fsp3) is 0.500. The summed E-state index contributed by atoms with van der Waals surface area (Å²) in [7, 11) is 0. The molecule has 1 aromatic heterocycles. The molecule has 2 rings (SSSR count). The number of hydrogen-bond acceptors (Lipinski definition) is 0. The highest BCUT2D eigenvalue weighted by Crippen LogP contribution is 2.08. The van der Waals surface area contributed by atoms with E-state index < -0.39 is 0 Å². The van der Waals surface area contributed by atoms with Crippen molar-refractivity contribution < 1.29 is 4.57 Å².